The van der Waals surface area contributed by atoms with Crippen molar-refractivity contribution in [1.82, 2.24) is 5.32 Å². The Balaban J connectivity index is 1.83. The van der Waals surface area contributed by atoms with Crippen LogP contribution in [-0.2, 0) is 4.74 Å². The first-order valence-corrected chi connectivity index (χ1v) is 8.74. The maximum Gasteiger partial charge on any atom is 0.164 e. The lowest BCUT2D eigenvalue weighted by molar-refractivity contribution is 0.170. The number of ether oxygens (including phenoxy) is 4. The van der Waals surface area contributed by atoms with Gasteiger partial charge in [-0.05, 0) is 31.4 Å². The van der Waals surface area contributed by atoms with Crippen molar-refractivity contribution in [1.29, 1.82) is 0 Å². The molecule has 1 aliphatic carbocycles. The molecule has 24 heavy (non-hydrogen) atoms. The molecule has 132 valence electrons. The summed E-state index contributed by atoms with van der Waals surface area (Å²) in [4.78, 5) is 0. The van der Waals surface area contributed by atoms with Gasteiger partial charge in [0.15, 0.2) is 11.5 Å². The molecule has 0 radical (unpaired) electrons. The highest BCUT2D eigenvalue weighted by Crippen LogP contribution is 2.41. The Morgan fingerprint density at radius 2 is 2.00 bits per heavy atom. The number of methoxy groups -OCH3 is 2. The Morgan fingerprint density at radius 1 is 1.17 bits per heavy atom. The Bertz CT molecular complexity index is 595. The molecule has 1 fully saturated rings. The molecule has 2 aliphatic rings. The van der Waals surface area contributed by atoms with E-state index in [9.17, 15) is 0 Å². The summed E-state index contributed by atoms with van der Waals surface area (Å²) >= 11 is 0. The highest BCUT2D eigenvalue weighted by molar-refractivity contribution is 5.74. The Morgan fingerprint density at radius 3 is 2.67 bits per heavy atom. The summed E-state index contributed by atoms with van der Waals surface area (Å²) in [5.41, 5.74) is 2.20. The van der Waals surface area contributed by atoms with Crippen LogP contribution in [0.25, 0.3) is 5.70 Å². The lowest BCUT2D eigenvalue weighted by Crippen LogP contribution is -2.24. The molecular formula is C19H27NO4. The summed E-state index contributed by atoms with van der Waals surface area (Å²) < 4.78 is 22.6. The first kappa shape index (κ1) is 17.0. The van der Waals surface area contributed by atoms with Crippen molar-refractivity contribution in [2.75, 3.05) is 27.4 Å². The SMILES string of the molecule is CCC1C=C(NC2CC2)c2cc(OC)c(OCCCOC)cc2O1. The van der Waals surface area contributed by atoms with Crippen molar-refractivity contribution >= 4 is 5.70 Å². The topological polar surface area (TPSA) is 49.0 Å². The third-order valence-electron chi connectivity index (χ3n) is 4.28. The normalized spacial score (nSPS) is 19.1. The van der Waals surface area contributed by atoms with Gasteiger partial charge in [0.25, 0.3) is 0 Å². The number of rotatable bonds is 9. The van der Waals surface area contributed by atoms with Gasteiger partial charge in [0.2, 0.25) is 0 Å². The molecular weight excluding hydrogens is 306 g/mol. The number of nitrogens with one attached hydrogen (secondary N) is 1. The van der Waals surface area contributed by atoms with Crippen molar-refractivity contribution in [2.24, 2.45) is 0 Å². The summed E-state index contributed by atoms with van der Waals surface area (Å²) in [6.07, 6.45) is 6.52. The predicted molar refractivity (Wildman–Crippen MR) is 93.8 cm³/mol. The third kappa shape index (κ3) is 3.96. The highest BCUT2D eigenvalue weighted by Gasteiger charge is 2.28. The van der Waals surface area contributed by atoms with Crippen LogP contribution >= 0.6 is 0 Å². The monoisotopic (exact) mass is 333 g/mol. The van der Waals surface area contributed by atoms with Crippen LogP contribution in [0.1, 0.15) is 38.2 Å². The van der Waals surface area contributed by atoms with Crippen LogP contribution < -0.4 is 19.5 Å². The van der Waals surface area contributed by atoms with Crippen molar-refractivity contribution in [3.8, 4) is 17.2 Å². The molecule has 0 saturated heterocycles. The van der Waals surface area contributed by atoms with Crippen LogP contribution in [0.2, 0.25) is 0 Å². The van der Waals surface area contributed by atoms with Gasteiger partial charge in [-0.15, -0.1) is 0 Å². The standard InChI is InChI=1S/C19H27NO4/c1-4-14-10-16(20-13-6-7-13)15-11-18(22-3)19(12-17(15)24-14)23-9-5-8-21-2/h10-14,20H,4-9H2,1-3H3. The zero-order valence-electron chi connectivity index (χ0n) is 14.8. The molecule has 1 aliphatic heterocycles. The first-order chi connectivity index (χ1) is 11.7. The van der Waals surface area contributed by atoms with Crippen LogP contribution in [-0.4, -0.2) is 39.6 Å². The molecule has 5 nitrogen and oxygen atoms in total. The van der Waals surface area contributed by atoms with E-state index < -0.39 is 0 Å². The summed E-state index contributed by atoms with van der Waals surface area (Å²) in [7, 11) is 3.36. The minimum absolute atomic E-state index is 0.0912. The van der Waals surface area contributed by atoms with Crippen LogP contribution in [0.15, 0.2) is 18.2 Å². The number of hydrogen-bond donors (Lipinski definition) is 1. The molecule has 1 atom stereocenters. The molecule has 0 spiro atoms. The zero-order chi connectivity index (χ0) is 16.9. The third-order valence-corrected chi connectivity index (χ3v) is 4.28. The molecule has 5 heteroatoms. The van der Waals surface area contributed by atoms with E-state index in [1.807, 2.05) is 12.1 Å². The van der Waals surface area contributed by atoms with Gasteiger partial charge in [-0.2, -0.15) is 0 Å². The molecule has 3 rings (SSSR count). The number of benzene rings is 1. The van der Waals surface area contributed by atoms with E-state index in [1.54, 1.807) is 14.2 Å². The quantitative estimate of drug-likeness (QED) is 0.702. The fourth-order valence-corrected chi connectivity index (χ4v) is 2.75. The zero-order valence-corrected chi connectivity index (χ0v) is 14.8. The van der Waals surface area contributed by atoms with Crippen LogP contribution in [0, 0.1) is 0 Å². The van der Waals surface area contributed by atoms with Gasteiger partial charge in [0.05, 0.1) is 13.7 Å². The van der Waals surface area contributed by atoms with Gasteiger partial charge >= 0.3 is 0 Å². The van der Waals surface area contributed by atoms with Gasteiger partial charge in [-0.3, -0.25) is 0 Å². The lowest BCUT2D eigenvalue weighted by Gasteiger charge is -2.27. The largest absolute Gasteiger partial charge is 0.493 e. The molecule has 1 heterocycles. The number of fused-ring (bicyclic) bond motifs is 1. The van der Waals surface area contributed by atoms with Crippen molar-refractivity contribution in [2.45, 2.75) is 44.8 Å². The van der Waals surface area contributed by atoms with Gasteiger partial charge < -0.3 is 24.3 Å². The fourth-order valence-electron chi connectivity index (χ4n) is 2.75. The van der Waals surface area contributed by atoms with E-state index >= 15 is 0 Å². The highest BCUT2D eigenvalue weighted by atomic mass is 16.5. The lowest BCUT2D eigenvalue weighted by atomic mass is 10.0. The van der Waals surface area contributed by atoms with Crippen LogP contribution in [0.4, 0.5) is 0 Å². The summed E-state index contributed by atoms with van der Waals surface area (Å²) in [5.74, 6) is 2.30. The minimum atomic E-state index is 0.0912. The van der Waals surface area contributed by atoms with Gasteiger partial charge in [0.1, 0.15) is 11.9 Å². The average Bonchev–Trinajstić information content (AvgIpc) is 3.41. The summed E-state index contributed by atoms with van der Waals surface area (Å²) in [5, 5.41) is 3.61. The van der Waals surface area contributed by atoms with E-state index in [-0.39, 0.29) is 6.10 Å². The molecule has 1 N–H and O–H groups in total. The second-order valence-electron chi connectivity index (χ2n) is 6.26. The Kier molecular flexibility index (Phi) is 5.51. The average molecular weight is 333 g/mol. The second-order valence-corrected chi connectivity index (χ2v) is 6.26. The smallest absolute Gasteiger partial charge is 0.164 e. The molecule has 1 aromatic carbocycles. The maximum absolute atomic E-state index is 6.10. The van der Waals surface area contributed by atoms with E-state index in [0.29, 0.717) is 19.3 Å². The predicted octanol–water partition coefficient (Wildman–Crippen LogP) is 3.37. The maximum atomic E-state index is 6.10. The molecule has 1 unspecified atom stereocenters. The van der Waals surface area contributed by atoms with Gasteiger partial charge in [-0.25, -0.2) is 0 Å². The minimum Gasteiger partial charge on any atom is -0.493 e. The van der Waals surface area contributed by atoms with E-state index in [0.717, 1.165) is 41.4 Å². The van der Waals surface area contributed by atoms with Gasteiger partial charge in [-0.1, -0.05) is 6.92 Å². The molecule has 0 aromatic heterocycles. The Labute approximate surface area is 143 Å². The van der Waals surface area contributed by atoms with Gasteiger partial charge in [0, 0.05) is 43.5 Å². The first-order valence-electron chi connectivity index (χ1n) is 8.74. The summed E-state index contributed by atoms with van der Waals surface area (Å²) in [6.45, 7) is 3.40. The van der Waals surface area contributed by atoms with E-state index in [1.165, 1.54) is 12.8 Å². The summed E-state index contributed by atoms with van der Waals surface area (Å²) in [6, 6.07) is 4.55. The van der Waals surface area contributed by atoms with E-state index in [2.05, 4.69) is 18.3 Å². The van der Waals surface area contributed by atoms with Crippen LogP contribution in [0.3, 0.4) is 0 Å². The van der Waals surface area contributed by atoms with E-state index in [4.69, 9.17) is 18.9 Å². The molecule has 0 amide bonds. The molecule has 1 aromatic rings. The molecule has 0 bridgehead atoms. The molecule has 1 saturated carbocycles. The van der Waals surface area contributed by atoms with Crippen molar-refractivity contribution in [3.05, 3.63) is 23.8 Å². The fraction of sp³-hybridized carbons (Fsp3) is 0.579. The van der Waals surface area contributed by atoms with Crippen molar-refractivity contribution < 1.29 is 18.9 Å². The Hall–Kier alpha value is -1.88. The number of hydrogen-bond acceptors (Lipinski definition) is 5. The van der Waals surface area contributed by atoms with Crippen LogP contribution in [0.5, 0.6) is 17.2 Å². The van der Waals surface area contributed by atoms with Crippen molar-refractivity contribution in [3.63, 3.8) is 0 Å². The second kappa shape index (κ2) is 7.79.